The molecule has 0 spiro atoms. The highest BCUT2D eigenvalue weighted by Gasteiger charge is 2.26. The maximum Gasteiger partial charge on any atom is 0.472 e. The van der Waals surface area contributed by atoms with Crippen LogP contribution < -0.4 is 5.73 Å². The molecule has 0 aliphatic heterocycles. The van der Waals surface area contributed by atoms with Crippen LogP contribution in [0.1, 0.15) is 245 Å². The monoisotopic (exact) mass is 1040 g/mol. The molecule has 9 nitrogen and oxygen atoms in total. The molecule has 2 unspecified atom stereocenters. The highest BCUT2D eigenvalue weighted by atomic mass is 31.2. The largest absolute Gasteiger partial charge is 0.472 e. The lowest BCUT2D eigenvalue weighted by Crippen LogP contribution is -2.29. The summed E-state index contributed by atoms with van der Waals surface area (Å²) in [5.74, 6) is -0.849. The van der Waals surface area contributed by atoms with E-state index in [1.165, 1.54) is 103 Å². The van der Waals surface area contributed by atoms with Crippen molar-refractivity contribution in [3.05, 3.63) is 109 Å². The van der Waals surface area contributed by atoms with Crippen molar-refractivity contribution in [3.63, 3.8) is 0 Å². The molecule has 0 aliphatic rings. The van der Waals surface area contributed by atoms with E-state index in [2.05, 4.69) is 123 Å². The minimum absolute atomic E-state index is 0.0456. The van der Waals surface area contributed by atoms with Crippen LogP contribution in [-0.4, -0.2) is 49.3 Å². The molecule has 3 N–H and O–H groups in total. The van der Waals surface area contributed by atoms with Gasteiger partial charge in [0.15, 0.2) is 6.10 Å². The summed E-state index contributed by atoms with van der Waals surface area (Å²) in [6.45, 7) is 3.62. The predicted molar refractivity (Wildman–Crippen MR) is 311 cm³/mol. The molecule has 0 rings (SSSR count). The fraction of sp³-hybridized carbons (Fsp3) is 0.683. The molecule has 0 aromatic carbocycles. The number of unbranched alkanes of at least 4 members (excludes halogenated alkanes) is 23. The molecule has 0 saturated carbocycles. The maximum absolute atomic E-state index is 12.7. The Bertz CT molecular complexity index is 1560. The standard InChI is InChI=1S/C63H108NO8P/c1-3-5-7-9-11-13-15-17-19-21-23-24-25-26-27-28-29-30-31-32-33-34-35-36-38-40-42-44-46-48-50-52-54-56-63(66)72-61(60-71-73(67,68)70-58-57-64)59-69-62(65)55-53-51-49-47-45-43-41-39-37-22-20-18-16-14-12-10-8-6-4-2/h5,7,11,13,17,19,23-24,26-27,29-30,32-33,35-36,40,42,61H,3-4,6,8-10,12,14-16,18,20-22,25,28,31,34,37-39,41,43-60,64H2,1-2H3,(H,67,68)/b7-5-,13-11-,19-17-,24-23-,27-26-,30-29-,33-32-,36-35-,42-40-. The van der Waals surface area contributed by atoms with E-state index in [4.69, 9.17) is 24.3 Å². The van der Waals surface area contributed by atoms with Gasteiger partial charge in [-0.3, -0.25) is 18.6 Å². The molecule has 0 fully saturated rings. The molecule has 0 aromatic rings. The Hall–Kier alpha value is -3.33. The number of esters is 2. The average molecular weight is 1040 g/mol. The molecule has 10 heteroatoms. The maximum atomic E-state index is 12.7. The molecule has 2 atom stereocenters. The molecule has 0 radical (unpaired) electrons. The van der Waals surface area contributed by atoms with Gasteiger partial charge in [-0.25, -0.2) is 4.57 Å². The molecular formula is C63H108NO8P. The number of phosphoric acid groups is 1. The molecule has 0 saturated heterocycles. The van der Waals surface area contributed by atoms with Gasteiger partial charge in [0, 0.05) is 19.4 Å². The van der Waals surface area contributed by atoms with E-state index < -0.39 is 26.5 Å². The third-order valence-corrected chi connectivity index (χ3v) is 13.2. The van der Waals surface area contributed by atoms with Gasteiger partial charge in [-0.05, 0) is 83.5 Å². The third kappa shape index (κ3) is 57.8. The number of phosphoric ester groups is 1. The molecule has 418 valence electrons. The Morgan fingerprint density at radius 3 is 1.12 bits per heavy atom. The normalized spacial score (nSPS) is 13.9. The van der Waals surface area contributed by atoms with Gasteiger partial charge in [0.25, 0.3) is 0 Å². The predicted octanol–water partition coefficient (Wildman–Crippen LogP) is 18.6. The van der Waals surface area contributed by atoms with Crippen LogP contribution in [0, 0.1) is 0 Å². The lowest BCUT2D eigenvalue weighted by atomic mass is 10.0. The number of rotatable bonds is 54. The number of nitrogens with two attached hydrogens (primary N) is 1. The quantitative estimate of drug-likeness (QED) is 0.0264. The summed E-state index contributed by atoms with van der Waals surface area (Å²) in [6.07, 6.45) is 78.5. The zero-order valence-corrected chi connectivity index (χ0v) is 47.5. The number of allylic oxidation sites excluding steroid dienone is 18. The van der Waals surface area contributed by atoms with Gasteiger partial charge in [0.05, 0.1) is 13.2 Å². The highest BCUT2D eigenvalue weighted by molar-refractivity contribution is 7.47. The fourth-order valence-corrected chi connectivity index (χ4v) is 8.63. The van der Waals surface area contributed by atoms with Crippen molar-refractivity contribution in [1.29, 1.82) is 0 Å². The first-order valence-electron chi connectivity index (χ1n) is 29.4. The summed E-state index contributed by atoms with van der Waals surface area (Å²) < 4.78 is 33.0. The third-order valence-electron chi connectivity index (χ3n) is 12.2. The highest BCUT2D eigenvalue weighted by Crippen LogP contribution is 2.43. The van der Waals surface area contributed by atoms with Crippen molar-refractivity contribution in [2.75, 3.05) is 26.4 Å². The molecule has 73 heavy (non-hydrogen) atoms. The molecule has 0 amide bonds. The van der Waals surface area contributed by atoms with Crippen molar-refractivity contribution in [2.24, 2.45) is 5.73 Å². The summed E-state index contributed by atoms with van der Waals surface area (Å²) in [4.78, 5) is 35.2. The first-order chi connectivity index (χ1) is 35.8. The summed E-state index contributed by atoms with van der Waals surface area (Å²) in [6, 6.07) is 0. The SMILES string of the molecule is CC/C=C\C/C=C\C/C=C\C/C=C\C/C=C\C/C=C\C/C=C\C/C=C\C/C=C\CCCCCCCC(=O)OC(COC(=O)CCCCCCCCCCCCCCCCCCCCC)COP(=O)(O)OCCN. The van der Waals surface area contributed by atoms with Crippen molar-refractivity contribution in [1.82, 2.24) is 0 Å². The van der Waals surface area contributed by atoms with Crippen LogP contribution in [0.4, 0.5) is 0 Å². The summed E-state index contributed by atoms with van der Waals surface area (Å²) in [5.41, 5.74) is 5.38. The van der Waals surface area contributed by atoms with E-state index in [1.807, 2.05) is 0 Å². The minimum atomic E-state index is -4.40. The summed E-state index contributed by atoms with van der Waals surface area (Å²) in [7, 11) is -4.40. The number of hydrogen-bond acceptors (Lipinski definition) is 8. The Morgan fingerprint density at radius 2 is 0.753 bits per heavy atom. The Kier molecular flexibility index (Phi) is 55.3. The van der Waals surface area contributed by atoms with Gasteiger partial charge in [-0.15, -0.1) is 0 Å². The number of carbonyl (C=O) groups excluding carboxylic acids is 2. The van der Waals surface area contributed by atoms with Crippen LogP contribution in [0.25, 0.3) is 0 Å². The van der Waals surface area contributed by atoms with E-state index in [9.17, 15) is 19.0 Å². The summed E-state index contributed by atoms with van der Waals surface area (Å²) >= 11 is 0. The van der Waals surface area contributed by atoms with Gasteiger partial charge in [0.2, 0.25) is 0 Å². The van der Waals surface area contributed by atoms with Crippen molar-refractivity contribution >= 4 is 19.8 Å². The van der Waals surface area contributed by atoms with E-state index >= 15 is 0 Å². The Morgan fingerprint density at radius 1 is 0.425 bits per heavy atom. The van der Waals surface area contributed by atoms with Gasteiger partial charge < -0.3 is 20.1 Å². The topological polar surface area (TPSA) is 134 Å². The molecule has 0 aliphatic carbocycles. The van der Waals surface area contributed by atoms with E-state index in [1.54, 1.807) is 0 Å². The molecule has 0 heterocycles. The zero-order chi connectivity index (χ0) is 53.1. The number of carbonyl (C=O) groups is 2. The Labute approximate surface area is 448 Å². The first kappa shape index (κ1) is 69.7. The summed E-state index contributed by atoms with van der Waals surface area (Å²) in [5, 5.41) is 0. The van der Waals surface area contributed by atoms with Crippen molar-refractivity contribution in [3.8, 4) is 0 Å². The second-order valence-corrected chi connectivity index (χ2v) is 20.6. The fourth-order valence-electron chi connectivity index (χ4n) is 7.86. The second-order valence-electron chi connectivity index (χ2n) is 19.1. The molecular weight excluding hydrogens is 930 g/mol. The van der Waals surface area contributed by atoms with Crippen LogP contribution >= 0.6 is 7.82 Å². The smallest absolute Gasteiger partial charge is 0.462 e. The van der Waals surface area contributed by atoms with Crippen LogP contribution in [0.2, 0.25) is 0 Å². The van der Waals surface area contributed by atoms with Crippen LogP contribution in [0.5, 0.6) is 0 Å². The van der Waals surface area contributed by atoms with Gasteiger partial charge in [-0.1, -0.05) is 258 Å². The average Bonchev–Trinajstić information content (AvgIpc) is 3.38. The minimum Gasteiger partial charge on any atom is -0.462 e. The van der Waals surface area contributed by atoms with Crippen LogP contribution in [0.3, 0.4) is 0 Å². The van der Waals surface area contributed by atoms with E-state index in [0.29, 0.717) is 6.42 Å². The number of hydrogen-bond donors (Lipinski definition) is 2. The Balaban J connectivity index is 4.06. The lowest BCUT2D eigenvalue weighted by molar-refractivity contribution is -0.161. The van der Waals surface area contributed by atoms with Gasteiger partial charge >= 0.3 is 19.8 Å². The van der Waals surface area contributed by atoms with E-state index in [0.717, 1.165) is 109 Å². The van der Waals surface area contributed by atoms with Gasteiger partial charge in [0.1, 0.15) is 6.61 Å². The van der Waals surface area contributed by atoms with Crippen LogP contribution in [-0.2, 0) is 32.7 Å². The number of ether oxygens (including phenoxy) is 2. The molecule has 0 bridgehead atoms. The molecule has 0 aromatic heterocycles. The zero-order valence-electron chi connectivity index (χ0n) is 46.6. The van der Waals surface area contributed by atoms with Gasteiger partial charge in [-0.2, -0.15) is 0 Å². The van der Waals surface area contributed by atoms with E-state index in [-0.39, 0.29) is 38.6 Å². The van der Waals surface area contributed by atoms with Crippen molar-refractivity contribution in [2.45, 2.75) is 251 Å². The lowest BCUT2D eigenvalue weighted by Gasteiger charge is -2.19. The first-order valence-corrected chi connectivity index (χ1v) is 30.9. The second kappa shape index (κ2) is 57.9. The van der Waals surface area contributed by atoms with Crippen molar-refractivity contribution < 1.29 is 37.6 Å². The van der Waals surface area contributed by atoms with Crippen LogP contribution in [0.15, 0.2) is 109 Å².